The second-order valence-corrected chi connectivity index (χ2v) is 4.43. The van der Waals surface area contributed by atoms with Crippen LogP contribution < -0.4 is 0 Å². The van der Waals surface area contributed by atoms with Crippen LogP contribution >= 0.6 is 0 Å². The Bertz CT molecular complexity index is 236. The van der Waals surface area contributed by atoms with Crippen LogP contribution in [-0.2, 0) is 4.74 Å². The number of carbonyl (C=O) groups is 1. The number of ether oxygens (including phenoxy) is 1. The van der Waals surface area contributed by atoms with Crippen LogP contribution in [0.4, 0.5) is 4.79 Å². The second-order valence-electron chi connectivity index (χ2n) is 4.43. The molecule has 2 rings (SSSR count). The van der Waals surface area contributed by atoms with E-state index < -0.39 is 0 Å². The average Bonchev–Trinajstić information content (AvgIpc) is 2.49. The number of aliphatic hydroxyl groups excluding tert-OH is 1. The Kier molecular flexibility index (Phi) is 2.39. The molecule has 0 atom stereocenters. The minimum absolute atomic E-state index is 0.142. The highest BCUT2D eigenvalue weighted by molar-refractivity contribution is 5.68. The van der Waals surface area contributed by atoms with Crippen molar-refractivity contribution in [1.29, 1.82) is 0 Å². The summed E-state index contributed by atoms with van der Waals surface area (Å²) in [7, 11) is 0. The topological polar surface area (TPSA) is 49.8 Å². The predicted octanol–water partition coefficient (Wildman–Crippen LogP) is 0.990. The Morgan fingerprint density at radius 3 is 2.93 bits per heavy atom. The molecule has 1 spiro atoms. The quantitative estimate of drug-likeness (QED) is 0.685. The maximum atomic E-state index is 11.4. The van der Waals surface area contributed by atoms with Gasteiger partial charge in [0.1, 0.15) is 0 Å². The molecule has 1 heterocycles. The van der Waals surface area contributed by atoms with Crippen molar-refractivity contribution in [3.63, 3.8) is 0 Å². The van der Waals surface area contributed by atoms with Crippen molar-refractivity contribution in [3.8, 4) is 0 Å². The Morgan fingerprint density at radius 2 is 2.36 bits per heavy atom. The number of aliphatic hydroxyl groups is 1. The molecule has 1 amide bonds. The van der Waals surface area contributed by atoms with Crippen LogP contribution in [0.15, 0.2) is 0 Å². The van der Waals surface area contributed by atoms with Crippen molar-refractivity contribution in [2.75, 3.05) is 19.7 Å². The summed E-state index contributed by atoms with van der Waals surface area (Å²) in [6.07, 6.45) is 2.37. The Labute approximate surface area is 83.8 Å². The van der Waals surface area contributed by atoms with E-state index in [1.807, 2.05) is 6.92 Å². The van der Waals surface area contributed by atoms with Gasteiger partial charge in [0.2, 0.25) is 0 Å². The van der Waals surface area contributed by atoms with Gasteiger partial charge in [-0.15, -0.1) is 0 Å². The molecule has 80 valence electrons. The maximum absolute atomic E-state index is 11.4. The molecule has 2 aliphatic rings. The summed E-state index contributed by atoms with van der Waals surface area (Å²) in [5.74, 6) is 0. The van der Waals surface area contributed by atoms with Crippen molar-refractivity contribution in [2.24, 2.45) is 5.41 Å². The molecule has 1 saturated carbocycles. The number of hydrogen-bond donors (Lipinski definition) is 1. The third kappa shape index (κ3) is 1.59. The molecular weight excluding hydrogens is 182 g/mol. The number of likely N-dealkylation sites (tertiary alicyclic amines) is 1. The number of nitrogens with zero attached hydrogens (tertiary/aromatic N) is 1. The fourth-order valence-electron chi connectivity index (χ4n) is 2.58. The van der Waals surface area contributed by atoms with Crippen LogP contribution in [0.1, 0.15) is 26.2 Å². The van der Waals surface area contributed by atoms with Gasteiger partial charge in [0, 0.05) is 13.1 Å². The molecule has 0 radical (unpaired) electrons. The number of rotatable bonds is 1. The normalized spacial score (nSPS) is 35.9. The van der Waals surface area contributed by atoms with Gasteiger partial charge in [-0.05, 0) is 31.6 Å². The first-order valence-corrected chi connectivity index (χ1v) is 5.25. The zero-order chi connectivity index (χ0) is 10.2. The zero-order valence-electron chi connectivity index (χ0n) is 8.53. The number of amides is 1. The highest BCUT2D eigenvalue weighted by atomic mass is 16.6. The first kappa shape index (κ1) is 9.77. The molecule has 0 aromatic carbocycles. The highest BCUT2D eigenvalue weighted by Gasteiger charge is 2.49. The smallest absolute Gasteiger partial charge is 0.409 e. The predicted molar refractivity (Wildman–Crippen MR) is 50.9 cm³/mol. The molecule has 0 aromatic rings. The molecule has 1 N–H and O–H groups in total. The van der Waals surface area contributed by atoms with E-state index in [0.29, 0.717) is 6.61 Å². The minimum Gasteiger partial charge on any atom is -0.450 e. The van der Waals surface area contributed by atoms with Gasteiger partial charge in [0.25, 0.3) is 0 Å². The number of hydrogen-bond acceptors (Lipinski definition) is 3. The molecule has 1 saturated heterocycles. The van der Waals surface area contributed by atoms with Gasteiger partial charge in [0.05, 0.1) is 12.7 Å². The molecule has 0 unspecified atom stereocenters. The van der Waals surface area contributed by atoms with Gasteiger partial charge in [-0.1, -0.05) is 0 Å². The van der Waals surface area contributed by atoms with Crippen LogP contribution in [0.3, 0.4) is 0 Å². The summed E-state index contributed by atoms with van der Waals surface area (Å²) in [4.78, 5) is 13.2. The van der Waals surface area contributed by atoms with Gasteiger partial charge < -0.3 is 14.7 Å². The van der Waals surface area contributed by atoms with Crippen LogP contribution in [0.5, 0.6) is 0 Å². The molecule has 14 heavy (non-hydrogen) atoms. The summed E-state index contributed by atoms with van der Waals surface area (Å²) in [5, 5.41) is 9.27. The van der Waals surface area contributed by atoms with Crippen LogP contribution in [-0.4, -0.2) is 41.9 Å². The van der Waals surface area contributed by atoms with E-state index in [1.165, 1.54) is 0 Å². The fraction of sp³-hybridized carbons (Fsp3) is 0.900. The molecule has 2 fully saturated rings. The van der Waals surface area contributed by atoms with Crippen LogP contribution in [0, 0.1) is 5.41 Å². The number of carbonyl (C=O) groups excluding carboxylic acids is 1. The van der Waals surface area contributed by atoms with E-state index in [0.717, 1.165) is 32.4 Å². The van der Waals surface area contributed by atoms with Gasteiger partial charge >= 0.3 is 6.09 Å². The van der Waals surface area contributed by atoms with Gasteiger partial charge in [-0.3, -0.25) is 0 Å². The van der Waals surface area contributed by atoms with Gasteiger partial charge in [-0.25, -0.2) is 4.79 Å². The first-order valence-electron chi connectivity index (χ1n) is 5.25. The van der Waals surface area contributed by atoms with E-state index in [4.69, 9.17) is 4.74 Å². The molecule has 1 aliphatic heterocycles. The molecule has 0 bridgehead atoms. The van der Waals surface area contributed by atoms with Crippen LogP contribution in [0.2, 0.25) is 0 Å². The molecule has 0 aromatic heterocycles. The molecular formula is C10H17NO3. The summed E-state index contributed by atoms with van der Waals surface area (Å²) in [5.41, 5.74) is 0.214. The lowest BCUT2D eigenvalue weighted by Crippen LogP contribution is -2.43. The summed E-state index contributed by atoms with van der Waals surface area (Å²) in [6.45, 7) is 3.80. The van der Waals surface area contributed by atoms with Crippen LogP contribution in [0.25, 0.3) is 0 Å². The first-order chi connectivity index (χ1) is 6.65. The third-order valence-corrected chi connectivity index (χ3v) is 3.30. The van der Waals surface area contributed by atoms with Crippen molar-refractivity contribution in [3.05, 3.63) is 0 Å². The SMILES string of the molecule is CCOC(=O)N1CC[C@]2(C1)C[C@H](O)C2. The second kappa shape index (κ2) is 3.42. The van der Waals surface area contributed by atoms with E-state index in [-0.39, 0.29) is 17.6 Å². The van der Waals surface area contributed by atoms with Gasteiger partial charge in [-0.2, -0.15) is 0 Å². The summed E-state index contributed by atoms with van der Waals surface area (Å²) in [6, 6.07) is 0. The lowest BCUT2D eigenvalue weighted by molar-refractivity contribution is -0.0250. The van der Waals surface area contributed by atoms with Gasteiger partial charge in [0.15, 0.2) is 0 Å². The van der Waals surface area contributed by atoms with E-state index in [2.05, 4.69) is 0 Å². The molecule has 1 aliphatic carbocycles. The summed E-state index contributed by atoms with van der Waals surface area (Å²) >= 11 is 0. The standard InChI is InChI=1S/C10H17NO3/c1-2-14-9(13)11-4-3-10(7-11)5-8(12)6-10/h8,12H,2-7H2,1H3/t8-,10-. The lowest BCUT2D eigenvalue weighted by Gasteiger charge is -2.42. The average molecular weight is 199 g/mol. The van der Waals surface area contributed by atoms with E-state index in [1.54, 1.807) is 4.90 Å². The molecule has 4 heteroatoms. The zero-order valence-corrected chi connectivity index (χ0v) is 8.53. The van der Waals surface area contributed by atoms with Crippen molar-refractivity contribution >= 4 is 6.09 Å². The Hall–Kier alpha value is -0.770. The summed E-state index contributed by atoms with van der Waals surface area (Å²) < 4.78 is 4.94. The molecule has 4 nitrogen and oxygen atoms in total. The monoisotopic (exact) mass is 199 g/mol. The van der Waals surface area contributed by atoms with Crippen molar-refractivity contribution < 1.29 is 14.6 Å². The Morgan fingerprint density at radius 1 is 1.64 bits per heavy atom. The fourth-order valence-corrected chi connectivity index (χ4v) is 2.58. The maximum Gasteiger partial charge on any atom is 0.409 e. The Balaban J connectivity index is 1.86. The largest absolute Gasteiger partial charge is 0.450 e. The van der Waals surface area contributed by atoms with E-state index in [9.17, 15) is 9.90 Å². The lowest BCUT2D eigenvalue weighted by atomic mass is 9.66. The third-order valence-electron chi connectivity index (χ3n) is 3.30. The van der Waals surface area contributed by atoms with Crippen molar-refractivity contribution in [1.82, 2.24) is 4.90 Å². The highest BCUT2D eigenvalue weighted by Crippen LogP contribution is 2.48. The van der Waals surface area contributed by atoms with Crippen molar-refractivity contribution in [2.45, 2.75) is 32.3 Å². The van der Waals surface area contributed by atoms with E-state index >= 15 is 0 Å². The minimum atomic E-state index is -0.203.